The summed E-state index contributed by atoms with van der Waals surface area (Å²) in [6.07, 6.45) is 2.99. The van der Waals surface area contributed by atoms with Crippen molar-refractivity contribution >= 4 is 33.5 Å². The molecular weight excluding hydrogens is 322 g/mol. The first-order valence-corrected chi connectivity index (χ1v) is 7.44. The van der Waals surface area contributed by atoms with Gasteiger partial charge in [-0.15, -0.1) is 0 Å². The predicted octanol–water partition coefficient (Wildman–Crippen LogP) is 3.91. The molecule has 1 aromatic carbocycles. The minimum Gasteiger partial charge on any atom is -0.478 e. The number of nitrogens with one attached hydrogen (secondary N) is 1. The van der Waals surface area contributed by atoms with Crippen molar-refractivity contribution in [1.82, 2.24) is 0 Å². The van der Waals surface area contributed by atoms with Crippen LogP contribution in [0.2, 0.25) is 0 Å². The SMILES string of the molecule is CC1(C)CCCC1C(=O)Nc1cc(Br)cc(C(=O)O)c1. The molecule has 1 fully saturated rings. The van der Waals surface area contributed by atoms with Crippen molar-refractivity contribution < 1.29 is 14.7 Å². The van der Waals surface area contributed by atoms with Crippen LogP contribution in [-0.2, 0) is 4.79 Å². The van der Waals surface area contributed by atoms with Gasteiger partial charge in [0, 0.05) is 16.1 Å². The fourth-order valence-electron chi connectivity index (χ4n) is 2.83. The Bertz CT molecular complexity index is 554. The number of hydrogen-bond acceptors (Lipinski definition) is 2. The average Bonchev–Trinajstić information content (AvgIpc) is 2.68. The Morgan fingerprint density at radius 1 is 1.35 bits per heavy atom. The van der Waals surface area contributed by atoms with Crippen molar-refractivity contribution in [2.24, 2.45) is 11.3 Å². The molecule has 20 heavy (non-hydrogen) atoms. The van der Waals surface area contributed by atoms with Gasteiger partial charge in [0.2, 0.25) is 5.91 Å². The zero-order chi connectivity index (χ0) is 14.9. The summed E-state index contributed by atoms with van der Waals surface area (Å²) in [5.41, 5.74) is 0.677. The third kappa shape index (κ3) is 3.20. The van der Waals surface area contributed by atoms with E-state index < -0.39 is 5.97 Å². The highest BCUT2D eigenvalue weighted by Crippen LogP contribution is 2.43. The number of carbonyl (C=O) groups is 2. The van der Waals surface area contributed by atoms with Gasteiger partial charge in [-0.05, 0) is 36.5 Å². The van der Waals surface area contributed by atoms with Gasteiger partial charge in [-0.2, -0.15) is 0 Å². The fourth-order valence-corrected chi connectivity index (χ4v) is 3.32. The molecule has 0 bridgehead atoms. The molecule has 1 amide bonds. The Morgan fingerprint density at radius 2 is 2.05 bits per heavy atom. The molecule has 2 N–H and O–H groups in total. The van der Waals surface area contributed by atoms with Gasteiger partial charge in [-0.3, -0.25) is 4.79 Å². The standard InChI is InChI=1S/C15H18BrNO3/c1-15(2)5-3-4-12(15)13(18)17-11-7-9(14(19)20)6-10(16)8-11/h6-8,12H,3-5H2,1-2H3,(H,17,18)(H,19,20). The minimum atomic E-state index is -1.01. The summed E-state index contributed by atoms with van der Waals surface area (Å²) < 4.78 is 0.637. The van der Waals surface area contributed by atoms with Crippen molar-refractivity contribution in [3.8, 4) is 0 Å². The Morgan fingerprint density at radius 3 is 2.60 bits per heavy atom. The van der Waals surface area contributed by atoms with Crippen LogP contribution in [0.25, 0.3) is 0 Å². The van der Waals surface area contributed by atoms with Crippen LogP contribution in [0.15, 0.2) is 22.7 Å². The number of benzene rings is 1. The molecule has 5 heteroatoms. The first-order valence-electron chi connectivity index (χ1n) is 6.64. The molecule has 0 heterocycles. The number of carboxylic acid groups (broad SMARTS) is 1. The lowest BCUT2D eigenvalue weighted by Crippen LogP contribution is -2.30. The van der Waals surface area contributed by atoms with E-state index in [1.807, 2.05) is 0 Å². The fraction of sp³-hybridized carbons (Fsp3) is 0.467. The molecule has 108 valence electrons. The molecule has 2 rings (SSSR count). The molecule has 0 aliphatic heterocycles. The number of anilines is 1. The second kappa shape index (κ2) is 5.56. The van der Waals surface area contributed by atoms with Crippen molar-refractivity contribution in [1.29, 1.82) is 0 Å². The summed E-state index contributed by atoms with van der Waals surface area (Å²) >= 11 is 3.26. The van der Waals surface area contributed by atoms with Crippen LogP contribution >= 0.6 is 15.9 Å². The molecule has 1 aliphatic carbocycles. The maximum absolute atomic E-state index is 12.3. The Labute approximate surface area is 126 Å². The van der Waals surface area contributed by atoms with Crippen molar-refractivity contribution in [3.05, 3.63) is 28.2 Å². The smallest absolute Gasteiger partial charge is 0.335 e. The summed E-state index contributed by atoms with van der Waals surface area (Å²) in [6.45, 7) is 4.21. The lowest BCUT2D eigenvalue weighted by molar-refractivity contribution is -0.122. The van der Waals surface area contributed by atoms with Crippen LogP contribution in [0.5, 0.6) is 0 Å². The molecule has 1 aliphatic rings. The quantitative estimate of drug-likeness (QED) is 0.877. The Hall–Kier alpha value is -1.36. The van der Waals surface area contributed by atoms with Gasteiger partial charge in [0.25, 0.3) is 0 Å². The van der Waals surface area contributed by atoms with Crippen LogP contribution in [-0.4, -0.2) is 17.0 Å². The summed E-state index contributed by atoms with van der Waals surface area (Å²) in [5.74, 6) is -1.06. The van der Waals surface area contributed by atoms with E-state index in [9.17, 15) is 9.59 Å². The molecule has 0 radical (unpaired) electrons. The van der Waals surface area contributed by atoms with Gasteiger partial charge < -0.3 is 10.4 Å². The predicted molar refractivity (Wildman–Crippen MR) is 80.9 cm³/mol. The molecule has 0 aromatic heterocycles. The zero-order valence-electron chi connectivity index (χ0n) is 11.6. The monoisotopic (exact) mass is 339 g/mol. The van der Waals surface area contributed by atoms with E-state index in [0.29, 0.717) is 10.2 Å². The molecule has 1 saturated carbocycles. The van der Waals surface area contributed by atoms with Crippen molar-refractivity contribution in [2.45, 2.75) is 33.1 Å². The summed E-state index contributed by atoms with van der Waals surface area (Å²) in [7, 11) is 0. The maximum atomic E-state index is 12.3. The number of carboxylic acids is 1. The van der Waals surface area contributed by atoms with Gasteiger partial charge in [0.1, 0.15) is 0 Å². The highest BCUT2D eigenvalue weighted by molar-refractivity contribution is 9.10. The number of aromatic carboxylic acids is 1. The van der Waals surface area contributed by atoms with Crippen LogP contribution in [0, 0.1) is 11.3 Å². The third-order valence-electron chi connectivity index (χ3n) is 3.99. The molecule has 0 spiro atoms. The highest BCUT2D eigenvalue weighted by atomic mass is 79.9. The normalized spacial score (nSPS) is 20.6. The van der Waals surface area contributed by atoms with E-state index in [4.69, 9.17) is 5.11 Å². The second-order valence-corrected chi connectivity index (χ2v) is 6.87. The highest BCUT2D eigenvalue weighted by Gasteiger charge is 2.39. The van der Waals surface area contributed by atoms with Crippen LogP contribution in [0.4, 0.5) is 5.69 Å². The number of halogens is 1. The van der Waals surface area contributed by atoms with Gasteiger partial charge in [-0.25, -0.2) is 4.79 Å². The lowest BCUT2D eigenvalue weighted by Gasteiger charge is -2.25. The summed E-state index contributed by atoms with van der Waals surface area (Å²) in [4.78, 5) is 23.4. The summed E-state index contributed by atoms with van der Waals surface area (Å²) in [5, 5.41) is 11.9. The van der Waals surface area contributed by atoms with E-state index in [0.717, 1.165) is 19.3 Å². The van der Waals surface area contributed by atoms with Crippen LogP contribution < -0.4 is 5.32 Å². The van der Waals surface area contributed by atoms with Crippen LogP contribution in [0.1, 0.15) is 43.5 Å². The second-order valence-electron chi connectivity index (χ2n) is 5.96. The number of amides is 1. The van der Waals surface area contributed by atoms with E-state index in [2.05, 4.69) is 35.1 Å². The molecule has 1 unspecified atom stereocenters. The third-order valence-corrected chi connectivity index (χ3v) is 4.44. The molecule has 1 aromatic rings. The van der Waals surface area contributed by atoms with Gasteiger partial charge >= 0.3 is 5.97 Å². The van der Waals surface area contributed by atoms with Crippen molar-refractivity contribution in [2.75, 3.05) is 5.32 Å². The lowest BCUT2D eigenvalue weighted by atomic mass is 9.81. The first-order chi connectivity index (χ1) is 9.29. The minimum absolute atomic E-state index is 0.00568. The molecule has 0 saturated heterocycles. The molecule has 1 atom stereocenters. The maximum Gasteiger partial charge on any atom is 0.335 e. The first kappa shape index (κ1) is 15.0. The zero-order valence-corrected chi connectivity index (χ0v) is 13.2. The Balaban J connectivity index is 2.18. The average molecular weight is 340 g/mol. The van der Waals surface area contributed by atoms with Crippen molar-refractivity contribution in [3.63, 3.8) is 0 Å². The summed E-state index contributed by atoms with van der Waals surface area (Å²) in [6, 6.07) is 4.71. The number of rotatable bonds is 3. The molecule has 4 nitrogen and oxygen atoms in total. The van der Waals surface area contributed by atoms with E-state index >= 15 is 0 Å². The van der Waals surface area contributed by atoms with E-state index in [1.165, 1.54) is 12.1 Å². The van der Waals surface area contributed by atoms with Crippen LogP contribution in [0.3, 0.4) is 0 Å². The molecular formula is C15H18BrNO3. The number of carbonyl (C=O) groups excluding carboxylic acids is 1. The number of hydrogen-bond donors (Lipinski definition) is 2. The van der Waals surface area contributed by atoms with E-state index in [-0.39, 0.29) is 22.8 Å². The van der Waals surface area contributed by atoms with E-state index in [1.54, 1.807) is 6.07 Å². The largest absolute Gasteiger partial charge is 0.478 e. The topological polar surface area (TPSA) is 66.4 Å². The van der Waals surface area contributed by atoms with Gasteiger partial charge in [0.05, 0.1) is 5.56 Å². The Kier molecular flexibility index (Phi) is 4.18. The van der Waals surface area contributed by atoms with Gasteiger partial charge in [0.15, 0.2) is 0 Å². The van der Waals surface area contributed by atoms with Gasteiger partial charge in [-0.1, -0.05) is 36.2 Å².